The van der Waals surface area contributed by atoms with Crippen LogP contribution in [-0.2, 0) is 14.4 Å². The lowest BCUT2D eigenvalue weighted by molar-refractivity contribution is -0.137. The molecule has 5 nitrogen and oxygen atoms in total. The molecule has 5 heteroatoms. The molecule has 0 spiro atoms. The molecule has 0 bridgehead atoms. The number of carbonyl (C=O) groups excluding carboxylic acids is 1. The van der Waals surface area contributed by atoms with Crippen LogP contribution in [0.15, 0.2) is 11.1 Å². The lowest BCUT2D eigenvalue weighted by Crippen LogP contribution is -2.23. The summed E-state index contributed by atoms with van der Waals surface area (Å²) in [5, 5.41) is 18.9. The van der Waals surface area contributed by atoms with Gasteiger partial charge in [0.05, 0.1) is 11.1 Å². The van der Waals surface area contributed by atoms with Crippen LogP contribution in [0.2, 0.25) is 0 Å². The molecule has 22 heavy (non-hydrogen) atoms. The Kier molecular flexibility index (Phi) is 5.75. The van der Waals surface area contributed by atoms with E-state index in [0.717, 1.165) is 44.9 Å². The Hall–Kier alpha value is -1.65. The molecule has 2 saturated carbocycles. The highest BCUT2D eigenvalue weighted by molar-refractivity contribution is 6.03. The Balaban J connectivity index is 2.22. The zero-order chi connectivity index (χ0) is 16.1. The van der Waals surface area contributed by atoms with Crippen molar-refractivity contribution >= 4 is 17.7 Å². The van der Waals surface area contributed by atoms with E-state index >= 15 is 0 Å². The van der Waals surface area contributed by atoms with Gasteiger partial charge in [0.2, 0.25) is 0 Å². The van der Waals surface area contributed by atoms with Crippen molar-refractivity contribution in [2.75, 3.05) is 0 Å². The van der Waals surface area contributed by atoms with E-state index < -0.39 is 11.9 Å². The predicted molar refractivity (Wildman–Crippen MR) is 80.5 cm³/mol. The van der Waals surface area contributed by atoms with Gasteiger partial charge in [0.25, 0.3) is 0 Å². The zero-order valence-electron chi connectivity index (χ0n) is 12.8. The van der Waals surface area contributed by atoms with E-state index in [2.05, 4.69) is 0 Å². The topological polar surface area (TPSA) is 91.7 Å². The maximum absolute atomic E-state index is 12.4. The second-order valence-corrected chi connectivity index (χ2v) is 6.46. The normalized spacial score (nSPS) is 21.5. The third kappa shape index (κ3) is 3.96. The Morgan fingerprint density at radius 3 is 1.73 bits per heavy atom. The highest BCUT2D eigenvalue weighted by Crippen LogP contribution is 2.35. The summed E-state index contributed by atoms with van der Waals surface area (Å²) in [6.45, 7) is 0. The Morgan fingerprint density at radius 2 is 1.23 bits per heavy atom. The minimum atomic E-state index is -1.26. The summed E-state index contributed by atoms with van der Waals surface area (Å²) in [5.74, 6) is -2.85. The summed E-state index contributed by atoms with van der Waals surface area (Å²) < 4.78 is 0. The molecular weight excluding hydrogens is 284 g/mol. The van der Waals surface area contributed by atoms with Gasteiger partial charge in [0.15, 0.2) is 0 Å². The van der Waals surface area contributed by atoms with Crippen molar-refractivity contribution in [3.63, 3.8) is 0 Å². The molecule has 122 valence electrons. The fraction of sp³-hybridized carbons (Fsp3) is 0.706. The summed E-state index contributed by atoms with van der Waals surface area (Å²) in [5.41, 5.74) is -0.218. The number of rotatable bonds is 6. The fourth-order valence-electron chi connectivity index (χ4n) is 3.79. The first kappa shape index (κ1) is 16.7. The van der Waals surface area contributed by atoms with Gasteiger partial charge in [-0.05, 0) is 31.6 Å². The Bertz CT molecular complexity index is 479. The Morgan fingerprint density at radius 1 is 0.727 bits per heavy atom. The lowest BCUT2D eigenvalue weighted by atomic mass is 9.82. The number of carbonyl (C=O) groups is 3. The SMILES string of the molecule is O=C(O)/C(CC(=O)C1CCCCC1)=C(/C(=O)O)C1CCCC1. The molecule has 0 saturated heterocycles. The van der Waals surface area contributed by atoms with Crippen molar-refractivity contribution in [3.8, 4) is 0 Å². The highest BCUT2D eigenvalue weighted by atomic mass is 16.4. The third-order valence-electron chi connectivity index (χ3n) is 4.99. The van der Waals surface area contributed by atoms with Crippen LogP contribution in [0.1, 0.15) is 64.2 Å². The smallest absolute Gasteiger partial charge is 0.332 e. The number of aliphatic carboxylic acids is 2. The minimum Gasteiger partial charge on any atom is -0.478 e. The molecule has 0 atom stereocenters. The summed E-state index contributed by atoms with van der Waals surface area (Å²) in [4.78, 5) is 35.5. The van der Waals surface area contributed by atoms with Gasteiger partial charge in [-0.25, -0.2) is 9.59 Å². The summed E-state index contributed by atoms with van der Waals surface area (Å²) in [7, 11) is 0. The number of hydrogen-bond acceptors (Lipinski definition) is 3. The lowest BCUT2D eigenvalue weighted by Gasteiger charge is -2.21. The first-order chi connectivity index (χ1) is 10.5. The van der Waals surface area contributed by atoms with Crippen molar-refractivity contribution < 1.29 is 24.6 Å². The van der Waals surface area contributed by atoms with Crippen LogP contribution in [0.4, 0.5) is 0 Å². The molecular formula is C17H24O5. The minimum absolute atomic E-state index is 0.0332. The number of hydrogen-bond donors (Lipinski definition) is 2. The van der Waals surface area contributed by atoms with Crippen molar-refractivity contribution in [1.29, 1.82) is 0 Å². The average Bonchev–Trinajstić information content (AvgIpc) is 3.00. The van der Waals surface area contributed by atoms with E-state index in [1.165, 1.54) is 0 Å². The molecule has 2 aliphatic carbocycles. The molecule has 0 aliphatic heterocycles. The van der Waals surface area contributed by atoms with Crippen molar-refractivity contribution in [2.45, 2.75) is 64.2 Å². The maximum atomic E-state index is 12.4. The number of carboxylic acid groups (broad SMARTS) is 2. The molecule has 2 aliphatic rings. The second-order valence-electron chi connectivity index (χ2n) is 6.46. The van der Waals surface area contributed by atoms with Crippen LogP contribution in [0, 0.1) is 11.8 Å². The van der Waals surface area contributed by atoms with Gasteiger partial charge in [-0.3, -0.25) is 4.79 Å². The first-order valence-electron chi connectivity index (χ1n) is 8.23. The predicted octanol–water partition coefficient (Wildman–Crippen LogP) is 3.18. The molecule has 0 amide bonds. The van der Waals surface area contributed by atoms with Crippen molar-refractivity contribution in [2.24, 2.45) is 11.8 Å². The van der Waals surface area contributed by atoms with Gasteiger partial charge in [-0.1, -0.05) is 32.1 Å². The molecule has 0 heterocycles. The number of ketones is 1. The molecule has 0 unspecified atom stereocenters. The largest absolute Gasteiger partial charge is 0.478 e. The van der Waals surface area contributed by atoms with Crippen LogP contribution < -0.4 is 0 Å². The monoisotopic (exact) mass is 308 g/mol. The summed E-state index contributed by atoms with van der Waals surface area (Å²) >= 11 is 0. The maximum Gasteiger partial charge on any atom is 0.332 e. The summed E-state index contributed by atoms with van der Waals surface area (Å²) in [6, 6.07) is 0. The quantitative estimate of drug-likeness (QED) is 0.735. The van der Waals surface area contributed by atoms with Gasteiger partial charge in [0.1, 0.15) is 5.78 Å². The number of Topliss-reactive ketones (excluding diaryl/α,β-unsaturated/α-hetero) is 1. The van der Waals surface area contributed by atoms with Crippen LogP contribution in [0.25, 0.3) is 0 Å². The standard InChI is InChI=1S/C17H24O5/c18-14(11-6-2-1-3-7-11)10-13(16(19)20)15(17(21)22)12-8-4-5-9-12/h11-12H,1-10H2,(H,19,20)(H,21,22)/b15-13+. The second kappa shape index (κ2) is 7.56. The Labute approximate surface area is 130 Å². The molecule has 0 aromatic carbocycles. The van der Waals surface area contributed by atoms with E-state index in [4.69, 9.17) is 0 Å². The first-order valence-corrected chi connectivity index (χ1v) is 8.23. The number of carboxylic acids is 2. The average molecular weight is 308 g/mol. The van der Waals surface area contributed by atoms with E-state index in [1.807, 2.05) is 0 Å². The van der Waals surface area contributed by atoms with Crippen molar-refractivity contribution in [3.05, 3.63) is 11.1 Å². The van der Waals surface area contributed by atoms with Crippen molar-refractivity contribution in [1.82, 2.24) is 0 Å². The van der Waals surface area contributed by atoms with Gasteiger partial charge in [0, 0.05) is 12.3 Å². The van der Waals surface area contributed by atoms with Crippen LogP contribution in [-0.4, -0.2) is 27.9 Å². The van der Waals surface area contributed by atoms with E-state index in [9.17, 15) is 24.6 Å². The molecule has 0 aromatic rings. The zero-order valence-corrected chi connectivity index (χ0v) is 12.8. The van der Waals surface area contributed by atoms with E-state index in [0.29, 0.717) is 12.8 Å². The molecule has 0 radical (unpaired) electrons. The molecule has 2 fully saturated rings. The highest BCUT2D eigenvalue weighted by Gasteiger charge is 2.32. The van der Waals surface area contributed by atoms with Gasteiger partial charge in [-0.2, -0.15) is 0 Å². The van der Waals surface area contributed by atoms with Gasteiger partial charge in [-0.15, -0.1) is 0 Å². The fourth-order valence-corrected chi connectivity index (χ4v) is 3.79. The van der Waals surface area contributed by atoms with Gasteiger partial charge >= 0.3 is 11.9 Å². The molecule has 0 aromatic heterocycles. The molecule has 2 rings (SSSR count). The van der Waals surface area contributed by atoms with Gasteiger partial charge < -0.3 is 10.2 Å². The van der Waals surface area contributed by atoms with Crippen LogP contribution in [0.5, 0.6) is 0 Å². The third-order valence-corrected chi connectivity index (χ3v) is 4.99. The molecule has 2 N–H and O–H groups in total. The van der Waals surface area contributed by atoms with E-state index in [1.54, 1.807) is 0 Å². The van der Waals surface area contributed by atoms with E-state index in [-0.39, 0.29) is 35.2 Å². The summed E-state index contributed by atoms with van der Waals surface area (Å²) in [6.07, 6.45) is 7.73. The van der Waals surface area contributed by atoms with Crippen LogP contribution >= 0.6 is 0 Å². The van der Waals surface area contributed by atoms with Crippen LogP contribution in [0.3, 0.4) is 0 Å².